The van der Waals surface area contributed by atoms with Crippen LogP contribution in [0, 0.1) is 13.8 Å². The second-order valence-corrected chi connectivity index (χ2v) is 6.45. The van der Waals surface area contributed by atoms with Gasteiger partial charge in [0.05, 0.1) is 11.4 Å². The fraction of sp³-hybridized carbons (Fsp3) is 0.727. The smallest absolute Gasteiger partial charge is 0.244 e. The number of aryl methyl sites for hydroxylation is 2. The van der Waals surface area contributed by atoms with E-state index in [0.717, 1.165) is 19.4 Å². The molecule has 7 heteroatoms. The van der Waals surface area contributed by atoms with Crippen molar-refractivity contribution in [1.82, 2.24) is 20.2 Å². The maximum absolute atomic E-state index is 12.1. The van der Waals surface area contributed by atoms with Gasteiger partial charge in [-0.1, -0.05) is 0 Å². The van der Waals surface area contributed by atoms with Crippen molar-refractivity contribution >= 4 is 10.0 Å². The molecule has 102 valence electrons. The Labute approximate surface area is 108 Å². The summed E-state index contributed by atoms with van der Waals surface area (Å²) in [5.41, 5.74) is 1.10. The van der Waals surface area contributed by atoms with E-state index in [4.69, 9.17) is 0 Å². The molecule has 1 atom stereocenters. The van der Waals surface area contributed by atoms with Crippen molar-refractivity contribution in [2.75, 3.05) is 13.1 Å². The lowest BCUT2D eigenvalue weighted by molar-refractivity contribution is 0.539. The van der Waals surface area contributed by atoms with Crippen molar-refractivity contribution in [3.63, 3.8) is 0 Å². The van der Waals surface area contributed by atoms with Gasteiger partial charge < -0.3 is 5.32 Å². The molecule has 0 bridgehead atoms. The summed E-state index contributed by atoms with van der Waals surface area (Å²) in [6.45, 7) is 4.91. The molecule has 3 N–H and O–H groups in total. The molecule has 2 heterocycles. The molecule has 0 unspecified atom stereocenters. The lowest BCUT2D eigenvalue weighted by Crippen LogP contribution is -2.31. The highest BCUT2D eigenvalue weighted by Crippen LogP contribution is 2.16. The van der Waals surface area contributed by atoms with Crippen molar-refractivity contribution in [2.24, 2.45) is 0 Å². The quantitative estimate of drug-likeness (QED) is 0.726. The van der Waals surface area contributed by atoms with Crippen LogP contribution in [-0.4, -0.2) is 37.7 Å². The van der Waals surface area contributed by atoms with Gasteiger partial charge in [0, 0.05) is 12.6 Å². The van der Waals surface area contributed by atoms with Crippen molar-refractivity contribution in [3.05, 3.63) is 11.4 Å². The molecular formula is C11H20N4O2S. The summed E-state index contributed by atoms with van der Waals surface area (Å²) in [7, 11) is -3.44. The zero-order valence-electron chi connectivity index (χ0n) is 10.8. The van der Waals surface area contributed by atoms with Gasteiger partial charge in [0.25, 0.3) is 0 Å². The first-order valence-corrected chi connectivity index (χ1v) is 7.73. The van der Waals surface area contributed by atoms with Gasteiger partial charge in [-0.2, -0.15) is 5.10 Å². The maximum Gasteiger partial charge on any atom is 0.244 e. The molecule has 1 aromatic heterocycles. The molecule has 0 aromatic carbocycles. The lowest BCUT2D eigenvalue weighted by atomic mass is 10.2. The largest absolute Gasteiger partial charge is 0.314 e. The average Bonchev–Trinajstić information content (AvgIpc) is 2.89. The SMILES string of the molecule is Cc1n[nH]c(C)c1S(=O)(=O)NCC[C@@H]1CCCN1. The zero-order valence-corrected chi connectivity index (χ0v) is 11.6. The Kier molecular flexibility index (Phi) is 4.04. The number of aromatic nitrogens is 2. The predicted octanol–water partition coefficient (Wildman–Crippen LogP) is 0.447. The number of nitrogens with one attached hydrogen (secondary N) is 3. The second kappa shape index (κ2) is 5.38. The van der Waals surface area contributed by atoms with E-state index in [1.807, 2.05) is 0 Å². The zero-order chi connectivity index (χ0) is 13.2. The number of hydrogen-bond donors (Lipinski definition) is 3. The van der Waals surface area contributed by atoms with Crippen LogP contribution in [0.5, 0.6) is 0 Å². The topological polar surface area (TPSA) is 86.9 Å². The summed E-state index contributed by atoms with van der Waals surface area (Å²) < 4.78 is 26.9. The summed E-state index contributed by atoms with van der Waals surface area (Å²) in [4.78, 5) is 0.280. The lowest BCUT2D eigenvalue weighted by Gasteiger charge is -2.11. The third kappa shape index (κ3) is 2.90. The van der Waals surface area contributed by atoms with E-state index < -0.39 is 10.0 Å². The summed E-state index contributed by atoms with van der Waals surface area (Å²) in [5, 5.41) is 9.95. The first kappa shape index (κ1) is 13.5. The molecule has 6 nitrogen and oxygen atoms in total. The Bertz CT molecular complexity index is 484. The van der Waals surface area contributed by atoms with Gasteiger partial charge in [-0.15, -0.1) is 0 Å². The average molecular weight is 272 g/mol. The molecule has 18 heavy (non-hydrogen) atoms. The van der Waals surface area contributed by atoms with Crippen LogP contribution in [0.15, 0.2) is 4.90 Å². The standard InChI is InChI=1S/C11H20N4O2S/c1-8-11(9(2)15-14-8)18(16,17)13-7-5-10-4-3-6-12-10/h10,12-13H,3-7H2,1-2H3,(H,14,15)/t10-/m0/s1. The Hall–Kier alpha value is -0.920. The summed E-state index contributed by atoms with van der Waals surface area (Å²) in [6, 6.07) is 0.444. The number of H-pyrrole nitrogens is 1. The number of hydrogen-bond acceptors (Lipinski definition) is 4. The summed E-state index contributed by atoms with van der Waals surface area (Å²) >= 11 is 0. The summed E-state index contributed by atoms with van der Waals surface area (Å²) in [5.74, 6) is 0. The number of nitrogens with zero attached hydrogens (tertiary/aromatic N) is 1. The molecule has 1 aromatic rings. The minimum Gasteiger partial charge on any atom is -0.314 e. The van der Waals surface area contributed by atoms with Gasteiger partial charge >= 0.3 is 0 Å². The van der Waals surface area contributed by atoms with Crippen LogP contribution in [0.1, 0.15) is 30.7 Å². The predicted molar refractivity (Wildman–Crippen MR) is 68.9 cm³/mol. The van der Waals surface area contributed by atoms with E-state index in [1.165, 1.54) is 6.42 Å². The third-order valence-corrected chi connectivity index (χ3v) is 5.00. The highest BCUT2D eigenvalue weighted by atomic mass is 32.2. The summed E-state index contributed by atoms with van der Waals surface area (Å²) in [6.07, 6.45) is 3.14. The van der Waals surface area contributed by atoms with Crippen LogP contribution in [0.3, 0.4) is 0 Å². The molecule has 1 fully saturated rings. The monoisotopic (exact) mass is 272 g/mol. The van der Waals surface area contributed by atoms with Gasteiger partial charge in [0.1, 0.15) is 4.90 Å². The Balaban J connectivity index is 1.95. The highest BCUT2D eigenvalue weighted by Gasteiger charge is 2.22. The van der Waals surface area contributed by atoms with E-state index in [1.54, 1.807) is 13.8 Å². The molecule has 0 spiro atoms. The number of sulfonamides is 1. The van der Waals surface area contributed by atoms with Crippen LogP contribution in [0.4, 0.5) is 0 Å². The number of rotatable bonds is 5. The molecule has 0 radical (unpaired) electrons. The van der Waals surface area contributed by atoms with Gasteiger partial charge in [0.2, 0.25) is 10.0 Å². The van der Waals surface area contributed by atoms with E-state index in [2.05, 4.69) is 20.2 Å². The van der Waals surface area contributed by atoms with Gasteiger partial charge in [-0.3, -0.25) is 5.10 Å². The van der Waals surface area contributed by atoms with E-state index in [0.29, 0.717) is 24.0 Å². The molecule has 1 saturated heterocycles. The van der Waals surface area contributed by atoms with E-state index in [9.17, 15) is 8.42 Å². The van der Waals surface area contributed by atoms with Gasteiger partial charge in [-0.25, -0.2) is 13.1 Å². The fourth-order valence-electron chi connectivity index (χ4n) is 2.38. The Morgan fingerprint density at radius 1 is 1.44 bits per heavy atom. The van der Waals surface area contributed by atoms with Gasteiger partial charge in [0.15, 0.2) is 0 Å². The highest BCUT2D eigenvalue weighted by molar-refractivity contribution is 7.89. The molecular weight excluding hydrogens is 252 g/mol. The van der Waals surface area contributed by atoms with Crippen molar-refractivity contribution in [3.8, 4) is 0 Å². The van der Waals surface area contributed by atoms with E-state index >= 15 is 0 Å². The Morgan fingerprint density at radius 3 is 2.78 bits per heavy atom. The molecule has 1 aliphatic rings. The molecule has 0 aliphatic carbocycles. The number of aromatic amines is 1. The molecule has 2 rings (SSSR count). The maximum atomic E-state index is 12.1. The molecule has 0 saturated carbocycles. The third-order valence-electron chi connectivity index (χ3n) is 3.28. The first-order valence-electron chi connectivity index (χ1n) is 6.25. The van der Waals surface area contributed by atoms with Crippen molar-refractivity contribution in [1.29, 1.82) is 0 Å². The Morgan fingerprint density at radius 2 is 2.22 bits per heavy atom. The normalized spacial score (nSPS) is 20.4. The van der Waals surface area contributed by atoms with Gasteiger partial charge in [-0.05, 0) is 39.7 Å². The van der Waals surface area contributed by atoms with Crippen molar-refractivity contribution < 1.29 is 8.42 Å². The van der Waals surface area contributed by atoms with Crippen LogP contribution < -0.4 is 10.0 Å². The molecule has 0 amide bonds. The van der Waals surface area contributed by atoms with Crippen LogP contribution in [0.2, 0.25) is 0 Å². The second-order valence-electron chi connectivity index (χ2n) is 4.74. The van der Waals surface area contributed by atoms with Crippen LogP contribution >= 0.6 is 0 Å². The van der Waals surface area contributed by atoms with Crippen LogP contribution in [-0.2, 0) is 10.0 Å². The first-order chi connectivity index (χ1) is 8.50. The fourth-order valence-corrected chi connectivity index (χ4v) is 3.79. The minimum atomic E-state index is -3.44. The van der Waals surface area contributed by atoms with Crippen molar-refractivity contribution in [2.45, 2.75) is 44.0 Å². The van der Waals surface area contributed by atoms with Crippen LogP contribution in [0.25, 0.3) is 0 Å². The van der Waals surface area contributed by atoms with E-state index in [-0.39, 0.29) is 4.90 Å². The minimum absolute atomic E-state index is 0.280. The molecule has 1 aliphatic heterocycles.